The summed E-state index contributed by atoms with van der Waals surface area (Å²) in [5.41, 5.74) is 0. The highest BCUT2D eigenvalue weighted by Gasteiger charge is 2.38. The van der Waals surface area contributed by atoms with Crippen molar-refractivity contribution >= 4 is 52.0 Å². The molecule has 0 amide bonds. The van der Waals surface area contributed by atoms with Crippen LogP contribution in [0.25, 0.3) is 10.8 Å². The highest BCUT2D eigenvalue weighted by molar-refractivity contribution is 7.55. The molecular formula is C21H36OSi4. The van der Waals surface area contributed by atoms with Crippen LogP contribution in [0.1, 0.15) is 0 Å². The van der Waals surface area contributed by atoms with Gasteiger partial charge in [0.1, 0.15) is 5.75 Å². The highest BCUT2D eigenvalue weighted by Crippen LogP contribution is 2.26. The molecule has 0 heterocycles. The summed E-state index contributed by atoms with van der Waals surface area (Å²) in [6.45, 7) is 23.2. The van der Waals surface area contributed by atoms with Gasteiger partial charge in [-0.1, -0.05) is 89.3 Å². The molecule has 26 heavy (non-hydrogen) atoms. The van der Waals surface area contributed by atoms with Gasteiger partial charge in [0, 0.05) is 13.3 Å². The van der Waals surface area contributed by atoms with E-state index in [1.807, 2.05) is 11.5 Å². The van der Waals surface area contributed by atoms with Gasteiger partial charge in [-0.2, -0.15) is 0 Å². The molecule has 0 bridgehead atoms. The van der Waals surface area contributed by atoms with Crippen LogP contribution < -0.4 is 9.92 Å². The van der Waals surface area contributed by atoms with Gasteiger partial charge < -0.3 is 4.74 Å². The molecule has 0 aliphatic rings. The quantitative estimate of drug-likeness (QED) is 0.587. The van der Waals surface area contributed by atoms with E-state index in [0.29, 0.717) is 0 Å². The van der Waals surface area contributed by atoms with E-state index < -0.39 is 31.7 Å². The fourth-order valence-electron chi connectivity index (χ4n) is 4.47. The number of fused-ring (bicyclic) bond motifs is 1. The Morgan fingerprint density at radius 3 is 1.69 bits per heavy atom. The van der Waals surface area contributed by atoms with Gasteiger partial charge in [0.05, 0.1) is 30.8 Å². The third-order valence-electron chi connectivity index (χ3n) is 4.86. The summed E-state index contributed by atoms with van der Waals surface area (Å²) in [7, 11) is -3.07. The number of rotatable bonds is 5. The van der Waals surface area contributed by atoms with Gasteiger partial charge in [-0.25, -0.2) is 0 Å². The topological polar surface area (TPSA) is 9.23 Å². The van der Waals surface area contributed by atoms with E-state index in [-0.39, 0.29) is 0 Å². The fraction of sp³-hybridized carbons (Fsp3) is 0.476. The second-order valence-electron chi connectivity index (χ2n) is 10.4. The largest absolute Gasteiger partial charge is 0.496 e. The van der Waals surface area contributed by atoms with Gasteiger partial charge in [-0.3, -0.25) is 0 Å². The average molecular weight is 417 g/mol. The molecule has 0 unspecified atom stereocenters. The second kappa shape index (κ2) is 7.34. The number of ether oxygens (including phenoxy) is 1. The number of methoxy groups -OCH3 is 1. The van der Waals surface area contributed by atoms with E-state index in [1.54, 1.807) is 5.19 Å². The molecule has 0 aromatic heterocycles. The van der Waals surface area contributed by atoms with Gasteiger partial charge in [0.25, 0.3) is 0 Å². The first-order valence-electron chi connectivity index (χ1n) is 9.60. The molecule has 0 aliphatic carbocycles. The predicted molar refractivity (Wildman–Crippen MR) is 131 cm³/mol. The van der Waals surface area contributed by atoms with E-state index in [1.165, 1.54) is 10.8 Å². The van der Waals surface area contributed by atoms with E-state index in [4.69, 9.17) is 4.74 Å². The minimum Gasteiger partial charge on any atom is -0.496 e. The van der Waals surface area contributed by atoms with Gasteiger partial charge in [0.2, 0.25) is 0 Å². The lowest BCUT2D eigenvalue weighted by Crippen LogP contribution is -2.62. The Bertz CT molecular complexity index is 812. The van der Waals surface area contributed by atoms with Crippen molar-refractivity contribution in [3.63, 3.8) is 0 Å². The molecule has 2 rings (SSSR count). The number of hydrogen-bond donors (Lipinski definition) is 0. The monoisotopic (exact) mass is 416 g/mol. The number of hydrogen-bond acceptors (Lipinski definition) is 1. The second-order valence-corrected chi connectivity index (χ2v) is 34.2. The smallest absolute Gasteiger partial charge is 0.126 e. The van der Waals surface area contributed by atoms with E-state index in [9.17, 15) is 0 Å². The van der Waals surface area contributed by atoms with Crippen molar-refractivity contribution in [1.29, 1.82) is 0 Å². The third-order valence-corrected chi connectivity index (χ3v) is 28.9. The van der Waals surface area contributed by atoms with Crippen molar-refractivity contribution in [3.05, 3.63) is 36.4 Å². The minimum absolute atomic E-state index is 0.749. The van der Waals surface area contributed by atoms with Crippen molar-refractivity contribution in [2.24, 2.45) is 0 Å². The molecule has 0 radical (unpaired) electrons. The molecule has 0 N–H and O–H groups in total. The lowest BCUT2D eigenvalue weighted by molar-refractivity contribution is 0.420. The zero-order chi connectivity index (χ0) is 19.9. The Kier molecular flexibility index (Phi) is 6.08. The minimum atomic E-state index is -1.38. The lowest BCUT2D eigenvalue weighted by atomic mass is 10.1. The Morgan fingerprint density at radius 2 is 1.27 bits per heavy atom. The zero-order valence-electron chi connectivity index (χ0n) is 18.4. The molecule has 5 heteroatoms. The fourth-order valence-corrected chi connectivity index (χ4v) is 41.7. The standard InChI is InChI=1S/C21H36OSi4/c1-22-18-15-11-13-17-14-12-16-19(20(17)18)23(26(8,9)10)21(24(2,3)4)25(5,6)7/h11-16H,1-10H3. The molecular weight excluding hydrogens is 381 g/mol. The summed E-state index contributed by atoms with van der Waals surface area (Å²) in [5, 5.41) is 4.32. The van der Waals surface area contributed by atoms with Crippen molar-refractivity contribution in [2.45, 2.75) is 58.9 Å². The highest BCUT2D eigenvalue weighted by atomic mass is 29.2. The summed E-state index contributed by atoms with van der Waals surface area (Å²) in [5.74, 6) is 1.05. The summed E-state index contributed by atoms with van der Waals surface area (Å²) < 4.78 is 7.86. The SMILES string of the molecule is COc1cccc2cccc([Si](=C([Si](C)(C)C)[Si](C)(C)C)[Si](C)(C)C)c12. The molecule has 0 spiro atoms. The van der Waals surface area contributed by atoms with E-state index >= 15 is 0 Å². The normalized spacial score (nSPS) is 13.0. The Labute approximate surface area is 164 Å². The molecule has 0 atom stereocenters. The lowest BCUT2D eigenvalue weighted by Gasteiger charge is -2.39. The Hall–Kier alpha value is -0.762. The third kappa shape index (κ3) is 4.38. The molecule has 0 saturated carbocycles. The van der Waals surface area contributed by atoms with Crippen LogP contribution in [0.4, 0.5) is 0 Å². The van der Waals surface area contributed by atoms with Crippen molar-refractivity contribution in [3.8, 4) is 5.75 Å². The van der Waals surface area contributed by atoms with Crippen LogP contribution >= 0.6 is 0 Å². The van der Waals surface area contributed by atoms with E-state index in [2.05, 4.69) is 95.3 Å². The molecule has 142 valence electrons. The van der Waals surface area contributed by atoms with Crippen molar-refractivity contribution < 1.29 is 4.74 Å². The summed E-state index contributed by atoms with van der Waals surface area (Å²) in [6.07, 6.45) is 0. The summed E-state index contributed by atoms with van der Waals surface area (Å²) >= 11 is 0. The van der Waals surface area contributed by atoms with Gasteiger partial charge >= 0.3 is 0 Å². The zero-order valence-corrected chi connectivity index (χ0v) is 22.4. The van der Waals surface area contributed by atoms with Crippen LogP contribution in [0.2, 0.25) is 58.9 Å². The predicted octanol–water partition coefficient (Wildman–Crippen LogP) is 5.48. The first kappa shape index (κ1) is 21.5. The molecule has 2 aromatic carbocycles. The van der Waals surface area contributed by atoms with Crippen LogP contribution in [0, 0.1) is 0 Å². The van der Waals surface area contributed by atoms with Crippen molar-refractivity contribution in [2.75, 3.05) is 7.11 Å². The van der Waals surface area contributed by atoms with Crippen LogP contribution in [-0.2, 0) is 0 Å². The van der Waals surface area contributed by atoms with Crippen LogP contribution in [0.15, 0.2) is 36.4 Å². The molecule has 0 aliphatic heterocycles. The van der Waals surface area contributed by atoms with E-state index in [0.717, 1.165) is 5.75 Å². The van der Waals surface area contributed by atoms with Gasteiger partial charge in [-0.15, -0.1) is 4.42 Å². The molecule has 1 nitrogen and oxygen atoms in total. The van der Waals surface area contributed by atoms with Gasteiger partial charge in [0.15, 0.2) is 0 Å². The maximum Gasteiger partial charge on any atom is 0.126 e. The van der Waals surface area contributed by atoms with Crippen LogP contribution in [-0.4, -0.2) is 43.2 Å². The molecule has 0 fully saturated rings. The first-order valence-corrected chi connectivity index (χ1v) is 22.6. The summed E-state index contributed by atoms with van der Waals surface area (Å²) in [4.78, 5) is 0. The average Bonchev–Trinajstić information content (AvgIpc) is 2.47. The van der Waals surface area contributed by atoms with Crippen LogP contribution in [0.5, 0.6) is 5.75 Å². The van der Waals surface area contributed by atoms with Crippen molar-refractivity contribution in [1.82, 2.24) is 0 Å². The maximum atomic E-state index is 5.83. The Balaban J connectivity index is 3.09. The first-order chi connectivity index (χ1) is 11.8. The maximum absolute atomic E-state index is 5.83. The number of benzene rings is 2. The van der Waals surface area contributed by atoms with Crippen LogP contribution in [0.3, 0.4) is 0 Å². The summed E-state index contributed by atoms with van der Waals surface area (Å²) in [6, 6.07) is 13.4. The van der Waals surface area contributed by atoms with Gasteiger partial charge in [-0.05, 0) is 16.6 Å². The Morgan fingerprint density at radius 1 is 0.769 bits per heavy atom. The molecule has 0 saturated heterocycles. The molecule has 2 aromatic rings.